The van der Waals surface area contributed by atoms with Crippen LogP contribution in [0.1, 0.15) is 12.5 Å². The average molecular weight is 239 g/mol. The maximum atomic E-state index is 13.4. The number of ketones is 1. The van der Waals surface area contributed by atoms with Crippen molar-refractivity contribution in [3.05, 3.63) is 35.4 Å². The molecule has 1 N–H and O–H groups in total. The number of carbonyl (C=O) groups excluding carboxylic acids is 1. The zero-order chi connectivity index (χ0) is 12.4. The SMILES string of the molecule is CC1CNCC1C(=O)Cc1c(F)cccc1F. The summed E-state index contributed by atoms with van der Waals surface area (Å²) in [6.07, 6.45) is -0.158. The third-order valence-electron chi connectivity index (χ3n) is 3.34. The van der Waals surface area contributed by atoms with Crippen molar-refractivity contribution in [1.29, 1.82) is 0 Å². The smallest absolute Gasteiger partial charge is 0.142 e. The van der Waals surface area contributed by atoms with Crippen molar-refractivity contribution in [2.45, 2.75) is 13.3 Å². The Bertz CT molecular complexity index is 413. The largest absolute Gasteiger partial charge is 0.316 e. The quantitative estimate of drug-likeness (QED) is 0.873. The van der Waals surface area contributed by atoms with E-state index in [1.165, 1.54) is 18.2 Å². The number of hydrogen-bond acceptors (Lipinski definition) is 2. The van der Waals surface area contributed by atoms with Crippen molar-refractivity contribution in [3.8, 4) is 0 Å². The third-order valence-corrected chi connectivity index (χ3v) is 3.34. The summed E-state index contributed by atoms with van der Waals surface area (Å²) in [6, 6.07) is 3.67. The molecule has 1 aliphatic rings. The molecule has 2 atom stereocenters. The van der Waals surface area contributed by atoms with Crippen LogP contribution in [0, 0.1) is 23.5 Å². The van der Waals surface area contributed by atoms with Gasteiger partial charge in [0.2, 0.25) is 0 Å². The Labute approximate surface area is 99.0 Å². The number of rotatable bonds is 3. The molecule has 2 nitrogen and oxygen atoms in total. The molecule has 1 aromatic carbocycles. The van der Waals surface area contributed by atoms with Crippen LogP contribution in [-0.2, 0) is 11.2 Å². The molecule has 1 aliphatic heterocycles. The summed E-state index contributed by atoms with van der Waals surface area (Å²) in [7, 11) is 0. The predicted octanol–water partition coefficient (Wildman–Crippen LogP) is 1.93. The van der Waals surface area contributed by atoms with Gasteiger partial charge in [0.15, 0.2) is 0 Å². The maximum Gasteiger partial charge on any atom is 0.142 e. The van der Waals surface area contributed by atoms with Gasteiger partial charge >= 0.3 is 0 Å². The standard InChI is InChI=1S/C13H15F2NO/c1-8-6-16-7-10(8)13(17)5-9-11(14)3-2-4-12(9)15/h2-4,8,10,16H,5-7H2,1H3. The van der Waals surface area contributed by atoms with Crippen LogP contribution in [0.3, 0.4) is 0 Å². The second-order valence-corrected chi connectivity index (χ2v) is 4.59. The van der Waals surface area contributed by atoms with E-state index in [0.717, 1.165) is 6.54 Å². The number of nitrogens with one attached hydrogen (secondary N) is 1. The normalized spacial score (nSPS) is 23.9. The zero-order valence-electron chi connectivity index (χ0n) is 9.67. The zero-order valence-corrected chi connectivity index (χ0v) is 9.67. The first-order valence-electron chi connectivity index (χ1n) is 5.76. The molecule has 1 aromatic rings. The van der Waals surface area contributed by atoms with E-state index in [9.17, 15) is 13.6 Å². The second kappa shape index (κ2) is 4.92. The minimum absolute atomic E-state index is 0.0912. The van der Waals surface area contributed by atoms with Crippen molar-refractivity contribution in [2.75, 3.05) is 13.1 Å². The fourth-order valence-corrected chi connectivity index (χ4v) is 2.25. The van der Waals surface area contributed by atoms with Crippen LogP contribution < -0.4 is 5.32 Å². The van der Waals surface area contributed by atoms with E-state index in [2.05, 4.69) is 5.32 Å². The highest BCUT2D eigenvalue weighted by atomic mass is 19.1. The maximum absolute atomic E-state index is 13.4. The second-order valence-electron chi connectivity index (χ2n) is 4.59. The van der Waals surface area contributed by atoms with E-state index in [1.54, 1.807) is 0 Å². The molecule has 0 aliphatic carbocycles. The van der Waals surface area contributed by atoms with Gasteiger partial charge in [0.25, 0.3) is 0 Å². The van der Waals surface area contributed by atoms with E-state index < -0.39 is 11.6 Å². The molecule has 2 rings (SSSR count). The monoisotopic (exact) mass is 239 g/mol. The van der Waals surface area contributed by atoms with Crippen LogP contribution in [0.4, 0.5) is 8.78 Å². The predicted molar refractivity (Wildman–Crippen MR) is 60.6 cm³/mol. The lowest BCUT2D eigenvalue weighted by molar-refractivity contribution is -0.122. The Morgan fingerprint density at radius 1 is 1.35 bits per heavy atom. The molecule has 4 heteroatoms. The van der Waals surface area contributed by atoms with Crippen molar-refractivity contribution < 1.29 is 13.6 Å². The number of benzene rings is 1. The third kappa shape index (κ3) is 2.52. The lowest BCUT2D eigenvalue weighted by Gasteiger charge is -2.13. The van der Waals surface area contributed by atoms with Gasteiger partial charge < -0.3 is 5.32 Å². The van der Waals surface area contributed by atoms with E-state index in [0.29, 0.717) is 6.54 Å². The van der Waals surface area contributed by atoms with Gasteiger partial charge in [-0.05, 0) is 24.6 Å². The highest BCUT2D eigenvalue weighted by Crippen LogP contribution is 2.21. The van der Waals surface area contributed by atoms with Gasteiger partial charge in [-0.1, -0.05) is 13.0 Å². The van der Waals surface area contributed by atoms with Crippen molar-refractivity contribution in [2.24, 2.45) is 11.8 Å². The topological polar surface area (TPSA) is 29.1 Å². The minimum atomic E-state index is -0.642. The molecule has 1 saturated heterocycles. The molecule has 0 aromatic heterocycles. The Hall–Kier alpha value is -1.29. The molecule has 1 fully saturated rings. The van der Waals surface area contributed by atoms with Crippen LogP contribution in [0.25, 0.3) is 0 Å². The first kappa shape index (κ1) is 12.2. The molecule has 0 bridgehead atoms. The molecule has 0 radical (unpaired) electrons. The summed E-state index contributed by atoms with van der Waals surface area (Å²) in [6.45, 7) is 3.37. The number of halogens is 2. The first-order valence-corrected chi connectivity index (χ1v) is 5.76. The summed E-state index contributed by atoms with van der Waals surface area (Å²) in [5.74, 6) is -1.27. The van der Waals surface area contributed by atoms with Crippen LogP contribution in [0.5, 0.6) is 0 Å². The molecule has 2 unspecified atom stereocenters. The summed E-state index contributed by atoms with van der Waals surface area (Å²) < 4.78 is 26.8. The molecule has 17 heavy (non-hydrogen) atoms. The van der Waals surface area contributed by atoms with Crippen molar-refractivity contribution in [3.63, 3.8) is 0 Å². The Morgan fingerprint density at radius 3 is 2.53 bits per heavy atom. The van der Waals surface area contributed by atoms with Gasteiger partial charge in [-0.3, -0.25) is 4.79 Å². The van der Waals surface area contributed by atoms with Crippen LogP contribution in [0.2, 0.25) is 0 Å². The molecule has 1 heterocycles. The van der Waals surface area contributed by atoms with Gasteiger partial charge in [-0.15, -0.1) is 0 Å². The van der Waals surface area contributed by atoms with Gasteiger partial charge in [-0.2, -0.15) is 0 Å². The summed E-state index contributed by atoms with van der Waals surface area (Å²) in [4.78, 5) is 12.0. The van der Waals surface area contributed by atoms with Gasteiger partial charge in [0, 0.05) is 24.4 Å². The van der Waals surface area contributed by atoms with Gasteiger partial charge in [-0.25, -0.2) is 8.78 Å². The molecule has 0 spiro atoms. The fourth-order valence-electron chi connectivity index (χ4n) is 2.25. The lowest BCUT2D eigenvalue weighted by atomic mass is 9.90. The average Bonchev–Trinajstić information content (AvgIpc) is 2.70. The number of hydrogen-bond donors (Lipinski definition) is 1. The van der Waals surface area contributed by atoms with E-state index in [-0.39, 0.29) is 29.6 Å². The van der Waals surface area contributed by atoms with E-state index >= 15 is 0 Å². The lowest BCUT2D eigenvalue weighted by Crippen LogP contribution is -2.23. The van der Waals surface area contributed by atoms with Crippen molar-refractivity contribution in [1.82, 2.24) is 5.32 Å². The van der Waals surface area contributed by atoms with Crippen molar-refractivity contribution >= 4 is 5.78 Å². The Balaban J connectivity index is 2.13. The fraction of sp³-hybridized carbons (Fsp3) is 0.462. The highest BCUT2D eigenvalue weighted by Gasteiger charge is 2.30. The number of carbonyl (C=O) groups is 1. The van der Waals surface area contributed by atoms with Gasteiger partial charge in [0.1, 0.15) is 17.4 Å². The van der Waals surface area contributed by atoms with E-state index in [1.807, 2.05) is 6.92 Å². The first-order chi connectivity index (χ1) is 8.09. The Morgan fingerprint density at radius 2 is 2.00 bits per heavy atom. The van der Waals surface area contributed by atoms with Gasteiger partial charge in [0.05, 0.1) is 0 Å². The van der Waals surface area contributed by atoms with Crippen LogP contribution >= 0.6 is 0 Å². The number of Topliss-reactive ketones (excluding diaryl/α,β-unsaturated/α-hetero) is 1. The molecule has 92 valence electrons. The summed E-state index contributed by atoms with van der Waals surface area (Å²) in [5.41, 5.74) is -0.114. The molecule has 0 amide bonds. The summed E-state index contributed by atoms with van der Waals surface area (Å²) in [5, 5.41) is 3.11. The Kier molecular flexibility index (Phi) is 3.52. The molecular weight excluding hydrogens is 224 g/mol. The molecule has 0 saturated carbocycles. The van der Waals surface area contributed by atoms with Crippen LogP contribution in [-0.4, -0.2) is 18.9 Å². The highest BCUT2D eigenvalue weighted by molar-refractivity contribution is 5.84. The van der Waals surface area contributed by atoms with E-state index in [4.69, 9.17) is 0 Å². The molecular formula is C13H15F2NO. The minimum Gasteiger partial charge on any atom is -0.316 e. The van der Waals surface area contributed by atoms with Crippen LogP contribution in [0.15, 0.2) is 18.2 Å². The summed E-state index contributed by atoms with van der Waals surface area (Å²) >= 11 is 0.